The summed E-state index contributed by atoms with van der Waals surface area (Å²) in [6, 6.07) is 0.578. The highest BCUT2D eigenvalue weighted by Crippen LogP contribution is 2.29. The summed E-state index contributed by atoms with van der Waals surface area (Å²) < 4.78 is 22.6. The van der Waals surface area contributed by atoms with Crippen LogP contribution in [0.5, 0.6) is 0 Å². The minimum absolute atomic E-state index is 0.000304. The fraction of sp³-hybridized carbons (Fsp3) is 0.895. The van der Waals surface area contributed by atoms with E-state index in [2.05, 4.69) is 18.7 Å². The van der Waals surface area contributed by atoms with Gasteiger partial charge in [-0.05, 0) is 70.9 Å². The summed E-state index contributed by atoms with van der Waals surface area (Å²) >= 11 is 0. The van der Waals surface area contributed by atoms with Gasteiger partial charge in [-0.15, -0.1) is 0 Å². The van der Waals surface area contributed by atoms with E-state index in [1.54, 1.807) is 6.92 Å². The molecule has 0 spiro atoms. The third kappa shape index (κ3) is 19.4. The Hall–Kier alpha value is -2.16. The van der Waals surface area contributed by atoms with E-state index in [4.69, 9.17) is 18.9 Å². The molecule has 47 heavy (non-hydrogen) atoms. The molecule has 0 aromatic carbocycles. The first kappa shape index (κ1) is 42.9. The molecule has 9 heteroatoms. The fourth-order valence-corrected chi connectivity index (χ4v) is 6.50. The van der Waals surface area contributed by atoms with Crippen LogP contribution in [0.4, 0.5) is 0 Å². The van der Waals surface area contributed by atoms with Crippen molar-refractivity contribution in [1.82, 2.24) is 4.90 Å². The molecule has 9 nitrogen and oxygen atoms in total. The molecule has 2 unspecified atom stereocenters. The number of unbranched alkanes of at least 4 members (excludes halogenated alkanes) is 3. The summed E-state index contributed by atoms with van der Waals surface area (Å²) in [5.74, 6) is -0.821. The van der Waals surface area contributed by atoms with Crippen molar-refractivity contribution in [1.29, 1.82) is 0 Å². The highest BCUT2D eigenvalue weighted by atomic mass is 16.6. The Morgan fingerprint density at radius 2 is 1.28 bits per heavy atom. The van der Waals surface area contributed by atoms with E-state index in [1.165, 1.54) is 70.6 Å². The van der Waals surface area contributed by atoms with Crippen molar-refractivity contribution in [3.05, 3.63) is 0 Å². The second kappa shape index (κ2) is 26.8. The highest BCUT2D eigenvalue weighted by Gasteiger charge is 2.36. The number of hydrogen-bond acceptors (Lipinski definition) is 9. The Morgan fingerprint density at radius 3 is 1.94 bits per heavy atom. The van der Waals surface area contributed by atoms with E-state index < -0.39 is 30.3 Å². The van der Waals surface area contributed by atoms with Gasteiger partial charge in [0.1, 0.15) is 12.2 Å². The zero-order chi connectivity index (χ0) is 34.9. The number of carbonyl (C=O) groups excluding carboxylic acids is 4. The molecule has 0 saturated carbocycles. The molecule has 1 fully saturated rings. The molecule has 1 heterocycles. The van der Waals surface area contributed by atoms with Gasteiger partial charge >= 0.3 is 23.9 Å². The Morgan fingerprint density at radius 1 is 0.660 bits per heavy atom. The molecule has 1 aliphatic rings. The van der Waals surface area contributed by atoms with Crippen LogP contribution in [0.3, 0.4) is 0 Å². The molecule has 0 radical (unpaired) electrons. The van der Waals surface area contributed by atoms with Crippen LogP contribution in [-0.2, 0) is 38.1 Å². The minimum atomic E-state index is -1.01. The van der Waals surface area contributed by atoms with E-state index in [1.807, 2.05) is 20.8 Å². The summed E-state index contributed by atoms with van der Waals surface area (Å²) in [5.41, 5.74) is 0. The average Bonchev–Trinajstić information content (AvgIpc) is 3.03. The summed E-state index contributed by atoms with van der Waals surface area (Å²) in [6.07, 6.45) is 14.8. The van der Waals surface area contributed by atoms with Crippen LogP contribution < -0.4 is 0 Å². The summed E-state index contributed by atoms with van der Waals surface area (Å²) in [4.78, 5) is 52.8. The zero-order valence-electron chi connectivity index (χ0n) is 30.9. The van der Waals surface area contributed by atoms with Crippen LogP contribution in [0.15, 0.2) is 0 Å². The first-order valence-electron chi connectivity index (χ1n) is 19.2. The van der Waals surface area contributed by atoms with Crippen molar-refractivity contribution in [2.45, 2.75) is 194 Å². The van der Waals surface area contributed by atoms with Gasteiger partial charge in [-0.1, -0.05) is 86.0 Å². The Balaban J connectivity index is 2.86. The third-order valence-electron chi connectivity index (χ3n) is 9.09. The number of nitrogens with zero attached hydrogens (tertiary/aromatic N) is 1. The smallest absolute Gasteiger partial charge is 0.306 e. The molecule has 0 aromatic heterocycles. The van der Waals surface area contributed by atoms with Gasteiger partial charge in [-0.3, -0.25) is 19.2 Å². The topological polar surface area (TPSA) is 108 Å². The number of likely N-dealkylation sites (tertiary alicyclic amines) is 1. The maximum Gasteiger partial charge on any atom is 0.306 e. The molecular formula is C38H69NO8. The van der Waals surface area contributed by atoms with Crippen molar-refractivity contribution in [3.8, 4) is 0 Å². The number of rotatable bonds is 27. The molecule has 274 valence electrons. The average molecular weight is 668 g/mol. The van der Waals surface area contributed by atoms with Gasteiger partial charge in [0.2, 0.25) is 0 Å². The van der Waals surface area contributed by atoms with Crippen molar-refractivity contribution < 1.29 is 38.1 Å². The van der Waals surface area contributed by atoms with E-state index >= 15 is 0 Å². The first-order chi connectivity index (χ1) is 22.7. The number of piperidine rings is 1. The minimum Gasteiger partial charge on any atom is -0.466 e. The van der Waals surface area contributed by atoms with Gasteiger partial charge in [0, 0.05) is 38.1 Å². The lowest BCUT2D eigenvalue weighted by molar-refractivity contribution is -0.186. The van der Waals surface area contributed by atoms with Gasteiger partial charge in [0.05, 0.1) is 6.61 Å². The second-order valence-electron chi connectivity index (χ2n) is 13.5. The number of carbonyl (C=O) groups is 4. The molecule has 1 rings (SSSR count). The Labute approximate surface area is 286 Å². The van der Waals surface area contributed by atoms with Gasteiger partial charge in [0.25, 0.3) is 0 Å². The lowest BCUT2D eigenvalue weighted by Crippen LogP contribution is -2.45. The lowest BCUT2D eigenvalue weighted by atomic mass is 9.86. The molecule has 0 bridgehead atoms. The predicted octanol–water partition coefficient (Wildman–Crippen LogP) is 8.49. The van der Waals surface area contributed by atoms with Crippen LogP contribution in [0.2, 0.25) is 0 Å². The first-order valence-corrected chi connectivity index (χ1v) is 19.2. The largest absolute Gasteiger partial charge is 0.466 e. The van der Waals surface area contributed by atoms with Crippen LogP contribution in [0.25, 0.3) is 0 Å². The van der Waals surface area contributed by atoms with E-state index in [0.717, 1.165) is 19.0 Å². The number of hydrogen-bond donors (Lipinski definition) is 0. The molecule has 0 N–H and O–H groups in total. The van der Waals surface area contributed by atoms with Crippen molar-refractivity contribution in [3.63, 3.8) is 0 Å². The van der Waals surface area contributed by atoms with Crippen LogP contribution in [0, 0.1) is 5.92 Å². The maximum atomic E-state index is 13.1. The predicted molar refractivity (Wildman–Crippen MR) is 186 cm³/mol. The van der Waals surface area contributed by atoms with Crippen LogP contribution in [0.1, 0.15) is 170 Å². The zero-order valence-corrected chi connectivity index (χ0v) is 30.9. The maximum absolute atomic E-state index is 13.1. The van der Waals surface area contributed by atoms with Gasteiger partial charge in [0.15, 0.2) is 6.10 Å². The monoisotopic (exact) mass is 668 g/mol. The van der Waals surface area contributed by atoms with E-state index in [-0.39, 0.29) is 44.2 Å². The second-order valence-corrected chi connectivity index (χ2v) is 13.5. The lowest BCUT2D eigenvalue weighted by Gasteiger charge is -2.38. The molecule has 0 amide bonds. The molecule has 0 aromatic rings. The van der Waals surface area contributed by atoms with E-state index in [0.29, 0.717) is 38.1 Å². The van der Waals surface area contributed by atoms with Gasteiger partial charge in [-0.2, -0.15) is 0 Å². The fourth-order valence-electron chi connectivity index (χ4n) is 6.50. The van der Waals surface area contributed by atoms with Crippen molar-refractivity contribution >= 4 is 23.9 Å². The van der Waals surface area contributed by atoms with Gasteiger partial charge in [-0.25, -0.2) is 0 Å². The van der Waals surface area contributed by atoms with Crippen LogP contribution >= 0.6 is 0 Å². The normalized spacial score (nSPS) is 17.7. The molecule has 1 aliphatic heterocycles. The van der Waals surface area contributed by atoms with Gasteiger partial charge < -0.3 is 23.8 Å². The van der Waals surface area contributed by atoms with Crippen molar-refractivity contribution in [2.75, 3.05) is 19.7 Å². The highest BCUT2D eigenvalue weighted by molar-refractivity contribution is 5.71. The van der Waals surface area contributed by atoms with Crippen molar-refractivity contribution in [2.24, 2.45) is 5.92 Å². The standard InChI is InChI=1S/C38H69NO8/c1-7-12-14-22-31(21-13-8-2)29-32-23-15-16-26-39(32)27-17-24-37(43)45-30(6)38(47-36(42)20-11-5)33(46-35(41)19-10-4)25-28-44-34(40)18-9-3/h30-33,38H,7-29H2,1-6H3/t30-,31?,32?,33+,38+/m0/s1. The quantitative estimate of drug-likeness (QED) is 0.0484. The summed E-state index contributed by atoms with van der Waals surface area (Å²) in [6.45, 7) is 13.8. The van der Waals surface area contributed by atoms with Crippen LogP contribution in [-0.4, -0.2) is 72.8 Å². The summed E-state index contributed by atoms with van der Waals surface area (Å²) in [7, 11) is 0. The molecular weight excluding hydrogens is 598 g/mol. The number of ether oxygens (including phenoxy) is 4. The SMILES string of the molecule is CCCCCC(CCCC)CC1CCCCN1CCCC(=O)O[C@@H](C)[C@@H](OC(=O)CCC)[C@@H](CCOC(=O)CCC)OC(=O)CCC. The number of esters is 4. The Kier molecular flexibility index (Phi) is 24.4. The van der Waals surface area contributed by atoms with E-state index in [9.17, 15) is 19.2 Å². The third-order valence-corrected chi connectivity index (χ3v) is 9.09. The Bertz CT molecular complexity index is 865. The molecule has 1 saturated heterocycles. The summed E-state index contributed by atoms with van der Waals surface area (Å²) in [5, 5.41) is 0. The molecule has 5 atom stereocenters. The molecule has 0 aliphatic carbocycles.